The van der Waals surface area contributed by atoms with Crippen molar-refractivity contribution in [3.05, 3.63) is 77.5 Å². The third kappa shape index (κ3) is 5.18. The fourth-order valence-corrected chi connectivity index (χ4v) is 3.97. The largest absolute Gasteiger partial charge is 0.365 e. The van der Waals surface area contributed by atoms with E-state index in [0.717, 1.165) is 30.4 Å². The molecule has 1 aliphatic rings. The number of nitrogens with zero attached hydrogens (tertiary/aromatic N) is 2. The zero-order chi connectivity index (χ0) is 21.3. The Morgan fingerprint density at radius 3 is 2.03 bits per heavy atom. The summed E-state index contributed by atoms with van der Waals surface area (Å²) < 4.78 is 0. The number of unbranched alkanes of at least 4 members (excludes halogenated alkanes) is 5. The van der Waals surface area contributed by atoms with Crippen LogP contribution in [0.3, 0.4) is 0 Å². The second-order valence-electron chi connectivity index (χ2n) is 7.96. The van der Waals surface area contributed by atoms with E-state index >= 15 is 0 Å². The molecule has 1 aliphatic heterocycles. The summed E-state index contributed by atoms with van der Waals surface area (Å²) in [6, 6.07) is 19.6. The minimum absolute atomic E-state index is 0.172. The number of carbonyl (C=O) groups excluding carboxylic acids is 2. The van der Waals surface area contributed by atoms with Gasteiger partial charge in [-0.3, -0.25) is 14.5 Å². The average molecular weight is 405 g/mol. The van der Waals surface area contributed by atoms with Gasteiger partial charge >= 0.3 is 0 Å². The van der Waals surface area contributed by atoms with Gasteiger partial charge in [-0.15, -0.1) is 0 Å². The quantitative estimate of drug-likeness (QED) is 0.379. The monoisotopic (exact) mass is 404 g/mol. The maximum atomic E-state index is 13.3. The zero-order valence-corrected chi connectivity index (χ0v) is 18.1. The molecule has 0 aromatic heterocycles. The molecule has 2 aromatic carbocycles. The van der Waals surface area contributed by atoms with Crippen LogP contribution in [0.2, 0.25) is 0 Å². The maximum Gasteiger partial charge on any atom is 0.277 e. The number of hydrogen-bond acceptors (Lipinski definition) is 3. The van der Waals surface area contributed by atoms with Crippen molar-refractivity contribution in [3.8, 4) is 0 Å². The molecule has 0 saturated heterocycles. The highest BCUT2D eigenvalue weighted by molar-refractivity contribution is 6.35. The molecular weight excluding hydrogens is 372 g/mol. The normalized spacial score (nSPS) is 14.0. The summed E-state index contributed by atoms with van der Waals surface area (Å²) >= 11 is 0. The lowest BCUT2D eigenvalue weighted by Crippen LogP contribution is -2.34. The minimum atomic E-state index is -0.175. The first-order chi connectivity index (χ1) is 14.6. The molecule has 0 fully saturated rings. The first-order valence-corrected chi connectivity index (χ1v) is 11.0. The minimum Gasteiger partial charge on any atom is -0.365 e. The van der Waals surface area contributed by atoms with E-state index in [1.165, 1.54) is 24.2 Å². The van der Waals surface area contributed by atoms with E-state index < -0.39 is 0 Å². The van der Waals surface area contributed by atoms with E-state index in [-0.39, 0.29) is 11.8 Å². The number of likely N-dealkylation sites (N-methyl/N-ethyl adjacent to an activating group) is 1. The van der Waals surface area contributed by atoms with Gasteiger partial charge in [0.25, 0.3) is 11.8 Å². The van der Waals surface area contributed by atoms with Crippen LogP contribution in [0.1, 0.15) is 56.6 Å². The van der Waals surface area contributed by atoms with Gasteiger partial charge in [-0.25, -0.2) is 0 Å². The maximum absolute atomic E-state index is 13.3. The van der Waals surface area contributed by atoms with Crippen LogP contribution in [0.15, 0.2) is 66.4 Å². The second-order valence-corrected chi connectivity index (χ2v) is 7.96. The Labute approximate surface area is 180 Å². The van der Waals surface area contributed by atoms with Crippen LogP contribution in [0.5, 0.6) is 0 Å². The van der Waals surface area contributed by atoms with Crippen molar-refractivity contribution in [1.29, 1.82) is 0 Å². The van der Waals surface area contributed by atoms with E-state index in [1.54, 1.807) is 0 Å². The molecule has 0 aliphatic carbocycles. The van der Waals surface area contributed by atoms with Crippen molar-refractivity contribution in [3.63, 3.8) is 0 Å². The highest BCUT2D eigenvalue weighted by Gasteiger charge is 2.40. The van der Waals surface area contributed by atoms with Crippen LogP contribution in [-0.2, 0) is 16.1 Å². The van der Waals surface area contributed by atoms with Crippen LogP contribution in [0, 0.1) is 0 Å². The molecular formula is C26H32N2O2. The molecule has 0 saturated carbocycles. The van der Waals surface area contributed by atoms with Crippen molar-refractivity contribution in [2.45, 2.75) is 52.0 Å². The summed E-state index contributed by atoms with van der Waals surface area (Å²) in [4.78, 5) is 29.9. The summed E-state index contributed by atoms with van der Waals surface area (Å²) in [5.74, 6) is -0.347. The molecule has 0 N–H and O–H groups in total. The molecule has 0 spiro atoms. The molecule has 1 heterocycles. The molecule has 30 heavy (non-hydrogen) atoms. The van der Waals surface area contributed by atoms with E-state index in [4.69, 9.17) is 0 Å². The molecule has 0 radical (unpaired) electrons. The van der Waals surface area contributed by atoms with Crippen molar-refractivity contribution < 1.29 is 9.59 Å². The fourth-order valence-electron chi connectivity index (χ4n) is 3.97. The summed E-state index contributed by atoms with van der Waals surface area (Å²) in [7, 11) is 1.89. The Hall–Kier alpha value is -2.88. The van der Waals surface area contributed by atoms with Gasteiger partial charge < -0.3 is 4.90 Å². The molecule has 0 unspecified atom stereocenters. The molecule has 3 rings (SSSR count). The first-order valence-electron chi connectivity index (χ1n) is 11.0. The highest BCUT2D eigenvalue weighted by atomic mass is 16.2. The number of imide groups is 1. The van der Waals surface area contributed by atoms with Crippen LogP contribution >= 0.6 is 0 Å². The third-order valence-electron chi connectivity index (χ3n) is 5.59. The lowest BCUT2D eigenvalue weighted by atomic mass is 10.0. The topological polar surface area (TPSA) is 40.6 Å². The number of carbonyl (C=O) groups is 2. The lowest BCUT2D eigenvalue weighted by molar-refractivity contribution is -0.137. The van der Waals surface area contributed by atoms with Gasteiger partial charge in [0.2, 0.25) is 0 Å². The summed E-state index contributed by atoms with van der Waals surface area (Å²) in [5.41, 5.74) is 2.93. The summed E-state index contributed by atoms with van der Waals surface area (Å²) in [6.45, 7) is 3.27. The van der Waals surface area contributed by atoms with Crippen molar-refractivity contribution in [1.82, 2.24) is 9.80 Å². The molecule has 2 aromatic rings. The summed E-state index contributed by atoms with van der Waals surface area (Å²) in [5, 5.41) is 0. The van der Waals surface area contributed by atoms with Gasteiger partial charge in [0, 0.05) is 20.1 Å². The van der Waals surface area contributed by atoms with E-state index in [1.807, 2.05) is 72.6 Å². The number of amides is 2. The second kappa shape index (κ2) is 10.8. The van der Waals surface area contributed by atoms with Crippen LogP contribution < -0.4 is 0 Å². The Morgan fingerprint density at radius 1 is 0.767 bits per heavy atom. The van der Waals surface area contributed by atoms with Gasteiger partial charge in [-0.05, 0) is 17.5 Å². The predicted octanol–water partition coefficient (Wildman–Crippen LogP) is 5.26. The zero-order valence-electron chi connectivity index (χ0n) is 18.1. The molecule has 4 heteroatoms. The van der Waals surface area contributed by atoms with Gasteiger partial charge in [-0.2, -0.15) is 0 Å². The fraction of sp³-hybridized carbons (Fsp3) is 0.385. The number of hydrogen-bond donors (Lipinski definition) is 0. The smallest absolute Gasteiger partial charge is 0.277 e. The number of benzene rings is 2. The Balaban J connectivity index is 1.79. The predicted molar refractivity (Wildman–Crippen MR) is 121 cm³/mol. The van der Waals surface area contributed by atoms with E-state index in [9.17, 15) is 9.59 Å². The molecule has 2 amide bonds. The standard InChI is InChI=1S/C26H32N2O2/c1-3-4-5-6-7-14-19-28-25(29)23(22-17-12-9-13-18-22)24(26(28)30)27(2)20-21-15-10-8-11-16-21/h8-13,15-18H,3-7,14,19-20H2,1-2H3. The molecule has 158 valence electrons. The summed E-state index contributed by atoms with van der Waals surface area (Å²) in [6.07, 6.45) is 6.74. The van der Waals surface area contributed by atoms with Gasteiger partial charge in [0.1, 0.15) is 5.70 Å². The van der Waals surface area contributed by atoms with Crippen LogP contribution in [0.4, 0.5) is 0 Å². The van der Waals surface area contributed by atoms with Crippen molar-refractivity contribution >= 4 is 17.4 Å². The Kier molecular flexibility index (Phi) is 7.83. The molecule has 0 bridgehead atoms. The van der Waals surface area contributed by atoms with E-state index in [0.29, 0.717) is 24.4 Å². The van der Waals surface area contributed by atoms with Gasteiger partial charge in [0.05, 0.1) is 5.57 Å². The van der Waals surface area contributed by atoms with Crippen LogP contribution in [0.25, 0.3) is 5.57 Å². The lowest BCUT2D eigenvalue weighted by Gasteiger charge is -2.21. The molecule has 0 atom stereocenters. The first kappa shape index (κ1) is 21.8. The highest BCUT2D eigenvalue weighted by Crippen LogP contribution is 2.32. The Bertz CT molecular complexity index is 874. The van der Waals surface area contributed by atoms with Crippen molar-refractivity contribution in [2.75, 3.05) is 13.6 Å². The Morgan fingerprint density at radius 2 is 1.37 bits per heavy atom. The number of rotatable bonds is 11. The molecule has 4 nitrogen and oxygen atoms in total. The van der Waals surface area contributed by atoms with Crippen LogP contribution in [-0.4, -0.2) is 35.2 Å². The SMILES string of the molecule is CCCCCCCCN1C(=O)C(c2ccccc2)=C(N(C)Cc2ccccc2)C1=O. The van der Waals surface area contributed by atoms with Gasteiger partial charge in [-0.1, -0.05) is 99.7 Å². The van der Waals surface area contributed by atoms with Crippen molar-refractivity contribution in [2.24, 2.45) is 0 Å². The third-order valence-corrected chi connectivity index (χ3v) is 5.59. The van der Waals surface area contributed by atoms with E-state index in [2.05, 4.69) is 6.92 Å². The van der Waals surface area contributed by atoms with Gasteiger partial charge in [0.15, 0.2) is 0 Å². The average Bonchev–Trinajstić information content (AvgIpc) is 3.02.